The fraction of sp³-hybridized carbons (Fsp3) is 0.833. The van der Waals surface area contributed by atoms with Crippen LogP contribution in [0.15, 0.2) is 24.3 Å². The Bertz CT molecular complexity index is 280. The summed E-state index contributed by atoms with van der Waals surface area (Å²) in [5.74, 6) is 0. The molecule has 0 aromatic heterocycles. The largest absolute Gasteiger partial charge is 0.396 e. The molecular weight excluding hydrogens is 304 g/mol. The van der Waals surface area contributed by atoms with Gasteiger partial charge in [0.2, 0.25) is 0 Å². The van der Waals surface area contributed by atoms with Gasteiger partial charge in [0, 0.05) is 6.61 Å². The predicted octanol–water partition coefficient (Wildman–Crippen LogP) is 8.13. The van der Waals surface area contributed by atoms with Gasteiger partial charge < -0.3 is 5.11 Å². The van der Waals surface area contributed by atoms with Gasteiger partial charge in [0.15, 0.2) is 0 Å². The van der Waals surface area contributed by atoms with Crippen molar-refractivity contribution in [3.8, 4) is 0 Å². The number of hydrogen-bond acceptors (Lipinski definition) is 1. The van der Waals surface area contributed by atoms with Crippen LogP contribution >= 0.6 is 0 Å². The average molecular weight is 351 g/mol. The van der Waals surface area contributed by atoms with Crippen molar-refractivity contribution in [2.24, 2.45) is 0 Å². The lowest BCUT2D eigenvalue weighted by atomic mass is 10.0. The lowest BCUT2D eigenvalue weighted by Gasteiger charge is -2.03. The van der Waals surface area contributed by atoms with Gasteiger partial charge >= 0.3 is 0 Å². The normalized spacial score (nSPS) is 11.9. The summed E-state index contributed by atoms with van der Waals surface area (Å²) in [6.07, 6.45) is 33.2. The first kappa shape index (κ1) is 24.4. The van der Waals surface area contributed by atoms with Gasteiger partial charge in [0.25, 0.3) is 0 Å². The Morgan fingerprint density at radius 3 is 1.24 bits per heavy atom. The minimum absolute atomic E-state index is 0.299. The molecule has 0 spiro atoms. The molecule has 0 aliphatic carbocycles. The van der Waals surface area contributed by atoms with E-state index in [0.29, 0.717) is 6.61 Å². The zero-order valence-corrected chi connectivity index (χ0v) is 17.2. The maximum Gasteiger partial charge on any atom is 0.0433 e. The highest BCUT2D eigenvalue weighted by atomic mass is 16.2. The van der Waals surface area contributed by atoms with E-state index in [1.54, 1.807) is 0 Å². The summed E-state index contributed by atoms with van der Waals surface area (Å²) in [6, 6.07) is 0. The third-order valence-electron chi connectivity index (χ3n) is 4.89. The molecule has 0 aromatic rings. The summed E-state index contributed by atoms with van der Waals surface area (Å²) in [4.78, 5) is 0. The maximum atomic E-state index is 8.67. The van der Waals surface area contributed by atoms with Crippen LogP contribution in [0, 0.1) is 0 Å². The SMILES string of the molecule is CCCCCCCCCCCCCCCCC/C=C/C=C/CCCO. The molecule has 0 fully saturated rings. The topological polar surface area (TPSA) is 20.2 Å². The Morgan fingerprint density at radius 1 is 0.480 bits per heavy atom. The monoisotopic (exact) mass is 350 g/mol. The van der Waals surface area contributed by atoms with Crippen LogP contribution in [-0.4, -0.2) is 11.7 Å². The Balaban J connectivity index is 3.07. The predicted molar refractivity (Wildman–Crippen MR) is 114 cm³/mol. The second-order valence-electron chi connectivity index (χ2n) is 7.46. The van der Waals surface area contributed by atoms with Crippen molar-refractivity contribution in [1.82, 2.24) is 0 Å². The van der Waals surface area contributed by atoms with Crippen molar-refractivity contribution < 1.29 is 5.11 Å². The molecule has 0 heterocycles. The van der Waals surface area contributed by atoms with E-state index in [-0.39, 0.29) is 0 Å². The number of aliphatic hydroxyl groups excluding tert-OH is 1. The Labute approximate surface area is 159 Å². The van der Waals surface area contributed by atoms with Crippen LogP contribution in [0.3, 0.4) is 0 Å². The molecule has 0 aliphatic rings. The average Bonchev–Trinajstić information content (AvgIpc) is 2.63. The molecule has 0 atom stereocenters. The van der Waals surface area contributed by atoms with Gasteiger partial charge in [0.1, 0.15) is 0 Å². The van der Waals surface area contributed by atoms with Gasteiger partial charge in [-0.2, -0.15) is 0 Å². The minimum atomic E-state index is 0.299. The van der Waals surface area contributed by atoms with Gasteiger partial charge in [-0.25, -0.2) is 0 Å². The summed E-state index contributed by atoms with van der Waals surface area (Å²) in [7, 11) is 0. The van der Waals surface area contributed by atoms with Crippen LogP contribution in [0.4, 0.5) is 0 Å². The van der Waals surface area contributed by atoms with Crippen LogP contribution < -0.4 is 0 Å². The highest BCUT2D eigenvalue weighted by Crippen LogP contribution is 2.13. The van der Waals surface area contributed by atoms with Crippen LogP contribution in [0.2, 0.25) is 0 Å². The van der Waals surface area contributed by atoms with Crippen LogP contribution in [0.5, 0.6) is 0 Å². The molecule has 0 aromatic carbocycles. The number of hydrogen-bond donors (Lipinski definition) is 1. The molecule has 0 saturated heterocycles. The van der Waals surface area contributed by atoms with Gasteiger partial charge in [-0.3, -0.25) is 0 Å². The zero-order valence-electron chi connectivity index (χ0n) is 17.2. The van der Waals surface area contributed by atoms with E-state index in [1.807, 2.05) is 0 Å². The molecule has 0 radical (unpaired) electrons. The van der Waals surface area contributed by atoms with Gasteiger partial charge in [-0.15, -0.1) is 0 Å². The van der Waals surface area contributed by atoms with Crippen molar-refractivity contribution in [3.05, 3.63) is 24.3 Å². The quantitative estimate of drug-likeness (QED) is 0.173. The summed E-state index contributed by atoms with van der Waals surface area (Å²) in [5.41, 5.74) is 0. The minimum Gasteiger partial charge on any atom is -0.396 e. The Morgan fingerprint density at radius 2 is 0.840 bits per heavy atom. The molecule has 0 saturated carbocycles. The number of aliphatic hydroxyl groups is 1. The van der Waals surface area contributed by atoms with Gasteiger partial charge in [-0.1, -0.05) is 121 Å². The van der Waals surface area contributed by atoms with Crippen molar-refractivity contribution >= 4 is 0 Å². The van der Waals surface area contributed by atoms with E-state index in [0.717, 1.165) is 12.8 Å². The Kier molecular flexibility index (Phi) is 22.9. The molecule has 1 N–H and O–H groups in total. The summed E-state index contributed by atoms with van der Waals surface area (Å²) < 4.78 is 0. The van der Waals surface area contributed by atoms with Crippen LogP contribution in [0.1, 0.15) is 122 Å². The van der Waals surface area contributed by atoms with E-state index in [1.165, 1.54) is 103 Å². The van der Waals surface area contributed by atoms with E-state index in [9.17, 15) is 0 Å². The second kappa shape index (κ2) is 23.4. The zero-order chi connectivity index (χ0) is 18.3. The standard InChI is InChI=1S/C24H46O/c1-2-3-4-5-6-7-8-9-10-11-12-13-14-15-16-17-18-19-20-21-22-23-24-25/h18-21,25H,2-17,22-24H2,1H3/b19-18+,21-20+. The van der Waals surface area contributed by atoms with Crippen molar-refractivity contribution in [2.45, 2.75) is 122 Å². The first-order chi connectivity index (χ1) is 12.4. The second-order valence-corrected chi connectivity index (χ2v) is 7.46. The molecular formula is C24H46O. The molecule has 148 valence electrons. The maximum absolute atomic E-state index is 8.67. The fourth-order valence-electron chi connectivity index (χ4n) is 3.19. The van der Waals surface area contributed by atoms with Crippen LogP contribution in [0.25, 0.3) is 0 Å². The highest BCUT2D eigenvalue weighted by Gasteiger charge is 1.94. The van der Waals surface area contributed by atoms with Crippen molar-refractivity contribution in [1.29, 1.82) is 0 Å². The third kappa shape index (κ3) is 23.4. The summed E-state index contributed by atoms with van der Waals surface area (Å²) in [6.45, 7) is 2.59. The van der Waals surface area contributed by atoms with Crippen molar-refractivity contribution in [3.63, 3.8) is 0 Å². The lowest BCUT2D eigenvalue weighted by molar-refractivity contribution is 0.289. The van der Waals surface area contributed by atoms with Gasteiger partial charge in [0.05, 0.1) is 0 Å². The molecule has 0 amide bonds. The number of allylic oxidation sites excluding steroid dienone is 4. The van der Waals surface area contributed by atoms with Crippen LogP contribution in [-0.2, 0) is 0 Å². The fourth-order valence-corrected chi connectivity index (χ4v) is 3.19. The molecule has 25 heavy (non-hydrogen) atoms. The highest BCUT2D eigenvalue weighted by molar-refractivity contribution is 5.02. The summed E-state index contributed by atoms with van der Waals surface area (Å²) in [5, 5.41) is 8.67. The molecule has 0 unspecified atom stereocenters. The molecule has 0 bridgehead atoms. The van der Waals surface area contributed by atoms with E-state index < -0.39 is 0 Å². The Hall–Kier alpha value is -0.560. The van der Waals surface area contributed by atoms with Crippen molar-refractivity contribution in [2.75, 3.05) is 6.61 Å². The molecule has 0 rings (SSSR count). The lowest BCUT2D eigenvalue weighted by Crippen LogP contribution is -1.83. The van der Waals surface area contributed by atoms with E-state index >= 15 is 0 Å². The van der Waals surface area contributed by atoms with Gasteiger partial charge in [-0.05, 0) is 25.7 Å². The molecule has 1 nitrogen and oxygen atoms in total. The van der Waals surface area contributed by atoms with E-state index in [2.05, 4.69) is 31.2 Å². The molecule has 1 heteroatoms. The van der Waals surface area contributed by atoms with E-state index in [4.69, 9.17) is 5.11 Å². The first-order valence-electron chi connectivity index (χ1n) is 11.3. The summed E-state index contributed by atoms with van der Waals surface area (Å²) >= 11 is 0. The first-order valence-corrected chi connectivity index (χ1v) is 11.3. The molecule has 0 aliphatic heterocycles. The smallest absolute Gasteiger partial charge is 0.0433 e. The number of rotatable bonds is 20. The third-order valence-corrected chi connectivity index (χ3v) is 4.89. The number of unbranched alkanes of at least 4 members (excludes halogenated alkanes) is 16.